The van der Waals surface area contributed by atoms with Gasteiger partial charge in [0.15, 0.2) is 0 Å². The first-order chi connectivity index (χ1) is 22.7. The third kappa shape index (κ3) is 3.14. The van der Waals surface area contributed by atoms with Crippen LogP contribution in [0, 0.1) is 7.14 Å². The molecule has 0 aliphatic carbocycles. The fraction of sp³-hybridized carbons (Fsp3) is 0. The van der Waals surface area contributed by atoms with E-state index in [9.17, 15) is 0 Å². The van der Waals surface area contributed by atoms with Gasteiger partial charge in [-0.3, -0.25) is 0 Å². The Kier molecular flexibility index (Phi) is 5.16. The first kappa shape index (κ1) is 25.9. The van der Waals surface area contributed by atoms with Crippen LogP contribution >= 0.6 is 45.2 Å². The third-order valence-electron chi connectivity index (χ3n) is 10.4. The summed E-state index contributed by atoms with van der Waals surface area (Å²) in [5.74, 6) is 0. The molecule has 11 aromatic rings. The van der Waals surface area contributed by atoms with Gasteiger partial charge in [0.1, 0.15) is 0 Å². The van der Waals surface area contributed by atoms with Gasteiger partial charge in [-0.05, 0) is 166 Å². The number of benzene rings is 11. The zero-order valence-electron chi connectivity index (χ0n) is 24.5. The zero-order chi connectivity index (χ0) is 30.3. The minimum atomic E-state index is 1.25. The van der Waals surface area contributed by atoms with Gasteiger partial charge in [0.25, 0.3) is 0 Å². The van der Waals surface area contributed by atoms with Crippen LogP contribution in [0.25, 0.3) is 108 Å². The molecule has 46 heavy (non-hydrogen) atoms. The zero-order valence-corrected chi connectivity index (χ0v) is 28.8. The van der Waals surface area contributed by atoms with E-state index in [1.54, 1.807) is 0 Å². The molecule has 11 aromatic carbocycles. The fourth-order valence-electron chi connectivity index (χ4n) is 8.66. The number of halogens is 2. The van der Waals surface area contributed by atoms with Crippen molar-refractivity contribution in [3.8, 4) is 22.3 Å². The lowest BCUT2D eigenvalue weighted by atomic mass is 9.78. The maximum absolute atomic E-state index is 2.60. The smallest absolute Gasteiger partial charge is 0.0215 e. The molecule has 0 saturated carbocycles. The summed E-state index contributed by atoms with van der Waals surface area (Å²) in [4.78, 5) is 0. The molecule has 0 atom stereocenters. The summed E-state index contributed by atoms with van der Waals surface area (Å²) in [6, 6.07) is 50.1. The summed E-state index contributed by atoms with van der Waals surface area (Å²) in [6.45, 7) is 0. The van der Waals surface area contributed by atoms with Crippen molar-refractivity contribution in [1.29, 1.82) is 0 Å². The van der Waals surface area contributed by atoms with Gasteiger partial charge in [-0.25, -0.2) is 0 Å². The monoisotopic (exact) mass is 804 g/mol. The average Bonchev–Trinajstić information content (AvgIpc) is 3.11. The summed E-state index contributed by atoms with van der Waals surface area (Å²) in [5.41, 5.74) is 5.08. The van der Waals surface area contributed by atoms with Gasteiger partial charge < -0.3 is 0 Å². The molecule has 0 spiro atoms. The lowest BCUT2D eigenvalue weighted by molar-refractivity contribution is 1.64. The van der Waals surface area contributed by atoms with Gasteiger partial charge >= 0.3 is 0 Å². The van der Waals surface area contributed by atoms with Crippen LogP contribution in [0.15, 0.2) is 133 Å². The second-order valence-corrected chi connectivity index (χ2v) is 14.9. The minimum Gasteiger partial charge on any atom is -0.0622 e. The number of hydrogen-bond donors (Lipinski definition) is 0. The molecule has 0 heterocycles. The summed E-state index contributed by atoms with van der Waals surface area (Å²) in [5, 5.41) is 21.9. The molecule has 0 nitrogen and oxygen atoms in total. The van der Waals surface area contributed by atoms with E-state index in [-0.39, 0.29) is 0 Å². The average molecular weight is 804 g/mol. The first-order valence-electron chi connectivity index (χ1n) is 15.7. The molecule has 0 bridgehead atoms. The van der Waals surface area contributed by atoms with E-state index in [0.29, 0.717) is 0 Å². The fourth-order valence-corrected chi connectivity index (χ4v) is 10.2. The van der Waals surface area contributed by atoms with Crippen molar-refractivity contribution in [2.45, 2.75) is 0 Å². The Balaban J connectivity index is 1.55. The van der Waals surface area contributed by atoms with Crippen molar-refractivity contribution in [3.63, 3.8) is 0 Å². The van der Waals surface area contributed by atoms with E-state index in [1.165, 1.54) is 116 Å². The molecule has 0 aliphatic rings. The van der Waals surface area contributed by atoms with Crippen molar-refractivity contribution >= 4 is 131 Å². The molecule has 0 fully saturated rings. The van der Waals surface area contributed by atoms with E-state index >= 15 is 0 Å². The van der Waals surface area contributed by atoms with E-state index in [1.807, 2.05) is 0 Å². The van der Waals surface area contributed by atoms with Crippen molar-refractivity contribution < 1.29 is 0 Å². The minimum absolute atomic E-state index is 1.25. The molecule has 0 saturated heterocycles. The van der Waals surface area contributed by atoms with Crippen LogP contribution in [-0.4, -0.2) is 0 Å². The van der Waals surface area contributed by atoms with Crippen LogP contribution in [-0.2, 0) is 0 Å². The SMILES string of the molecule is Ic1cc2c3c(-c4ccccc4)ccc(-c4ccccc4)c3c3cc(I)c4ccc5c6ccccc6c6ccc1c1c6c5c4c3c21. The Hall–Kier alpha value is -4.26. The Morgan fingerprint density at radius 3 is 1.04 bits per heavy atom. The van der Waals surface area contributed by atoms with Crippen molar-refractivity contribution in [2.75, 3.05) is 0 Å². The van der Waals surface area contributed by atoms with E-state index in [0.717, 1.165) is 0 Å². The molecule has 0 amide bonds. The number of fused-ring (bicyclic) bond motifs is 6. The van der Waals surface area contributed by atoms with Crippen LogP contribution in [0.5, 0.6) is 0 Å². The Bertz CT molecular complexity index is 2810. The van der Waals surface area contributed by atoms with E-state index in [4.69, 9.17) is 0 Å². The van der Waals surface area contributed by atoms with Crippen molar-refractivity contribution in [1.82, 2.24) is 0 Å². The van der Waals surface area contributed by atoms with Crippen LogP contribution in [0.1, 0.15) is 0 Å². The quantitative estimate of drug-likeness (QED) is 0.0928. The topological polar surface area (TPSA) is 0 Å². The van der Waals surface area contributed by atoms with E-state index < -0.39 is 0 Å². The first-order valence-corrected chi connectivity index (χ1v) is 17.8. The predicted molar refractivity (Wildman–Crippen MR) is 216 cm³/mol. The molecule has 11 rings (SSSR count). The number of rotatable bonds is 2. The lowest BCUT2D eigenvalue weighted by Gasteiger charge is -2.26. The number of hydrogen-bond acceptors (Lipinski definition) is 0. The molecule has 0 radical (unpaired) electrons. The van der Waals surface area contributed by atoms with E-state index in [2.05, 4.69) is 179 Å². The lowest BCUT2D eigenvalue weighted by Crippen LogP contribution is -1.98. The van der Waals surface area contributed by atoms with Gasteiger partial charge in [-0.15, -0.1) is 0 Å². The second kappa shape index (κ2) is 9.18. The highest BCUT2D eigenvalue weighted by atomic mass is 127. The van der Waals surface area contributed by atoms with Crippen LogP contribution in [0.3, 0.4) is 0 Å². The maximum Gasteiger partial charge on any atom is 0.0215 e. The van der Waals surface area contributed by atoms with Crippen LogP contribution in [0.4, 0.5) is 0 Å². The normalized spacial score (nSPS) is 12.6. The third-order valence-corrected chi connectivity index (χ3v) is 12.2. The van der Waals surface area contributed by atoms with Gasteiger partial charge in [-0.2, -0.15) is 0 Å². The van der Waals surface area contributed by atoms with Crippen molar-refractivity contribution in [3.05, 3.63) is 141 Å². The molecular formula is C44H22I2. The molecule has 0 N–H and O–H groups in total. The summed E-state index contributed by atoms with van der Waals surface area (Å²) < 4.78 is 2.60. The molecule has 0 aliphatic heterocycles. The maximum atomic E-state index is 2.60. The highest BCUT2D eigenvalue weighted by Gasteiger charge is 2.27. The Morgan fingerprint density at radius 2 is 0.609 bits per heavy atom. The highest BCUT2D eigenvalue weighted by Crippen LogP contribution is 2.55. The second-order valence-electron chi connectivity index (χ2n) is 12.6. The molecule has 212 valence electrons. The summed E-state index contributed by atoms with van der Waals surface area (Å²) in [6.07, 6.45) is 0. The van der Waals surface area contributed by atoms with Gasteiger partial charge in [-0.1, -0.05) is 121 Å². The van der Waals surface area contributed by atoms with Gasteiger partial charge in [0, 0.05) is 7.14 Å². The van der Waals surface area contributed by atoms with Crippen molar-refractivity contribution in [2.24, 2.45) is 0 Å². The largest absolute Gasteiger partial charge is 0.0622 e. The molecule has 0 unspecified atom stereocenters. The highest BCUT2D eigenvalue weighted by molar-refractivity contribution is 14.1. The van der Waals surface area contributed by atoms with Crippen LogP contribution in [0.2, 0.25) is 0 Å². The standard InChI is InChI=1S/C44H22I2/c45-35-21-33-37-25(23-9-3-1-4-10-23)15-16-26(24-11-5-2-6-12-24)38(37)34-22-36(46)32-20-18-30-28-14-8-7-13-27(28)29-17-19-31(35)41-39(29)40(30)42(32)44(34)43(33)41/h1-22H. The van der Waals surface area contributed by atoms with Gasteiger partial charge in [0.05, 0.1) is 0 Å². The van der Waals surface area contributed by atoms with Gasteiger partial charge in [0.2, 0.25) is 0 Å². The molecule has 0 aromatic heterocycles. The molecular weight excluding hydrogens is 782 g/mol. The summed E-state index contributed by atoms with van der Waals surface area (Å²) in [7, 11) is 0. The Labute approximate surface area is 291 Å². The van der Waals surface area contributed by atoms with Crippen LogP contribution < -0.4 is 0 Å². The summed E-state index contributed by atoms with van der Waals surface area (Å²) >= 11 is 5.19. The Morgan fingerprint density at radius 1 is 0.261 bits per heavy atom. The predicted octanol–water partition coefficient (Wildman–Crippen LogP) is 13.8. The molecule has 2 heteroatoms.